The molecule has 0 aliphatic rings. The molecule has 3 rings (SSSR count). The summed E-state index contributed by atoms with van der Waals surface area (Å²) in [6.07, 6.45) is 0. The first-order valence-electron chi connectivity index (χ1n) is 8.44. The third kappa shape index (κ3) is 4.87. The first kappa shape index (κ1) is 19.4. The summed E-state index contributed by atoms with van der Waals surface area (Å²) in [6.45, 7) is 6.07. The third-order valence-corrected chi connectivity index (χ3v) is 6.19. The molecule has 0 fully saturated rings. The number of aromatic nitrogens is 2. The molecule has 3 aromatic rings. The number of anilines is 2. The van der Waals surface area contributed by atoms with Crippen LogP contribution in [0.15, 0.2) is 40.7 Å². The Bertz CT molecular complexity index is 952. The van der Waals surface area contributed by atoms with E-state index >= 15 is 0 Å². The maximum atomic E-state index is 12.6. The van der Waals surface area contributed by atoms with Crippen LogP contribution >= 0.6 is 23.1 Å². The van der Waals surface area contributed by atoms with Gasteiger partial charge in [-0.3, -0.25) is 4.79 Å². The normalized spacial score (nSPS) is 10.7. The van der Waals surface area contributed by atoms with Crippen molar-refractivity contribution in [1.29, 1.82) is 0 Å². The molecule has 1 aromatic heterocycles. The predicted octanol–water partition coefficient (Wildman–Crippen LogP) is 5.19. The zero-order chi connectivity index (χ0) is 19.4. The second kappa shape index (κ2) is 8.54. The minimum atomic E-state index is 0.112. The Morgan fingerprint density at radius 1 is 1.07 bits per heavy atom. The second-order valence-corrected chi connectivity index (χ2v) is 8.39. The lowest BCUT2D eigenvalue weighted by molar-refractivity contribution is 0.102. The molecule has 0 atom stereocenters. The molecule has 7 heteroatoms. The summed E-state index contributed by atoms with van der Waals surface area (Å²) in [6, 6.07) is 11.6. The van der Waals surface area contributed by atoms with E-state index in [0.717, 1.165) is 32.5 Å². The van der Waals surface area contributed by atoms with Gasteiger partial charge in [-0.25, -0.2) is 0 Å². The molecule has 0 aliphatic carbocycles. The Morgan fingerprint density at radius 2 is 1.78 bits per heavy atom. The van der Waals surface area contributed by atoms with E-state index in [1.807, 2.05) is 44.2 Å². The van der Waals surface area contributed by atoms with Crippen LogP contribution in [0.2, 0.25) is 0 Å². The van der Waals surface area contributed by atoms with Crippen LogP contribution in [0.4, 0.5) is 10.8 Å². The molecular formula is C20H21N3O2S2. The number of Topliss-reactive ketones (excluding diaryl/α,β-unsaturated/α-hetero) is 1. The van der Waals surface area contributed by atoms with Gasteiger partial charge in [-0.15, -0.1) is 10.2 Å². The highest BCUT2D eigenvalue weighted by atomic mass is 32.2. The van der Waals surface area contributed by atoms with Gasteiger partial charge in [0, 0.05) is 11.3 Å². The van der Waals surface area contributed by atoms with Gasteiger partial charge in [0.05, 0.1) is 12.9 Å². The number of rotatable bonds is 7. The van der Waals surface area contributed by atoms with Gasteiger partial charge in [0.25, 0.3) is 0 Å². The fourth-order valence-electron chi connectivity index (χ4n) is 2.58. The molecule has 1 N–H and O–H groups in total. The van der Waals surface area contributed by atoms with Crippen molar-refractivity contribution >= 4 is 39.7 Å². The zero-order valence-corrected chi connectivity index (χ0v) is 17.3. The second-order valence-electron chi connectivity index (χ2n) is 6.19. The Kier molecular flexibility index (Phi) is 6.13. The van der Waals surface area contributed by atoms with Gasteiger partial charge in [-0.05, 0) is 67.8 Å². The van der Waals surface area contributed by atoms with E-state index in [1.54, 1.807) is 7.11 Å². The molecule has 1 heterocycles. The van der Waals surface area contributed by atoms with Gasteiger partial charge in [0.1, 0.15) is 5.75 Å². The van der Waals surface area contributed by atoms with Crippen LogP contribution in [-0.4, -0.2) is 28.8 Å². The predicted molar refractivity (Wildman–Crippen MR) is 112 cm³/mol. The number of nitrogens with zero attached hydrogens (tertiary/aromatic N) is 2. The lowest BCUT2D eigenvalue weighted by Crippen LogP contribution is -2.06. The number of benzene rings is 2. The highest BCUT2D eigenvalue weighted by molar-refractivity contribution is 8.01. The van der Waals surface area contributed by atoms with E-state index in [4.69, 9.17) is 4.74 Å². The lowest BCUT2D eigenvalue weighted by Gasteiger charge is -2.08. The number of hydrogen-bond donors (Lipinski definition) is 1. The molecule has 0 aliphatic heterocycles. The summed E-state index contributed by atoms with van der Waals surface area (Å²) in [7, 11) is 1.64. The largest absolute Gasteiger partial charge is 0.497 e. The number of carbonyl (C=O) groups is 1. The maximum absolute atomic E-state index is 12.6. The fourth-order valence-corrected chi connectivity index (χ4v) is 4.24. The molecule has 0 saturated heterocycles. The quantitative estimate of drug-likeness (QED) is 0.436. The van der Waals surface area contributed by atoms with Gasteiger partial charge >= 0.3 is 0 Å². The van der Waals surface area contributed by atoms with Crippen molar-refractivity contribution in [2.24, 2.45) is 0 Å². The van der Waals surface area contributed by atoms with Gasteiger partial charge in [0.2, 0.25) is 5.13 Å². The summed E-state index contributed by atoms with van der Waals surface area (Å²) in [4.78, 5) is 12.6. The van der Waals surface area contributed by atoms with E-state index < -0.39 is 0 Å². The number of hydrogen-bond acceptors (Lipinski definition) is 7. The SMILES string of the molecule is COc1ccc(Nc2nnc(SCC(=O)c3cc(C)c(C)cc3C)s2)cc1. The molecule has 0 amide bonds. The van der Waals surface area contributed by atoms with Crippen molar-refractivity contribution in [3.05, 3.63) is 58.7 Å². The number of ketones is 1. The molecule has 2 aromatic carbocycles. The molecule has 0 spiro atoms. The average molecular weight is 400 g/mol. The van der Waals surface area contributed by atoms with Crippen molar-refractivity contribution in [2.75, 3.05) is 18.2 Å². The minimum Gasteiger partial charge on any atom is -0.497 e. The Balaban J connectivity index is 1.60. The van der Waals surface area contributed by atoms with Crippen molar-refractivity contribution in [3.8, 4) is 5.75 Å². The maximum Gasteiger partial charge on any atom is 0.210 e. The number of thioether (sulfide) groups is 1. The topological polar surface area (TPSA) is 64.1 Å². The first-order chi connectivity index (χ1) is 13.0. The summed E-state index contributed by atoms with van der Waals surface area (Å²) < 4.78 is 5.91. The van der Waals surface area contributed by atoms with Crippen molar-refractivity contribution in [1.82, 2.24) is 10.2 Å². The number of methoxy groups -OCH3 is 1. The van der Waals surface area contributed by atoms with Crippen LogP contribution in [0.3, 0.4) is 0 Å². The van der Waals surface area contributed by atoms with Gasteiger partial charge < -0.3 is 10.1 Å². The smallest absolute Gasteiger partial charge is 0.210 e. The Morgan fingerprint density at radius 3 is 2.48 bits per heavy atom. The van der Waals surface area contributed by atoms with Crippen molar-refractivity contribution in [3.63, 3.8) is 0 Å². The van der Waals surface area contributed by atoms with E-state index in [2.05, 4.69) is 28.5 Å². The molecule has 0 bridgehead atoms. The molecule has 140 valence electrons. The number of carbonyl (C=O) groups excluding carboxylic acids is 1. The fraction of sp³-hybridized carbons (Fsp3) is 0.250. The van der Waals surface area contributed by atoms with Crippen molar-refractivity contribution in [2.45, 2.75) is 25.1 Å². The summed E-state index contributed by atoms with van der Waals surface area (Å²) in [5.74, 6) is 1.26. The monoisotopic (exact) mass is 399 g/mol. The van der Waals surface area contributed by atoms with Gasteiger partial charge in [-0.1, -0.05) is 29.2 Å². The van der Waals surface area contributed by atoms with Crippen molar-refractivity contribution < 1.29 is 9.53 Å². The zero-order valence-electron chi connectivity index (χ0n) is 15.7. The highest BCUT2D eigenvalue weighted by Crippen LogP contribution is 2.29. The summed E-state index contributed by atoms with van der Waals surface area (Å²) in [5.41, 5.74) is 5.05. The van der Waals surface area contributed by atoms with Gasteiger partial charge in [0.15, 0.2) is 10.1 Å². The van der Waals surface area contributed by atoms with Crippen LogP contribution in [0, 0.1) is 20.8 Å². The van der Waals surface area contributed by atoms with Crippen LogP contribution in [-0.2, 0) is 0 Å². The molecule has 0 unspecified atom stereocenters. The summed E-state index contributed by atoms with van der Waals surface area (Å²) >= 11 is 2.85. The minimum absolute atomic E-state index is 0.112. The highest BCUT2D eigenvalue weighted by Gasteiger charge is 2.13. The number of ether oxygens (including phenoxy) is 1. The van der Waals surface area contributed by atoms with Crippen LogP contribution in [0.1, 0.15) is 27.0 Å². The summed E-state index contributed by atoms with van der Waals surface area (Å²) in [5, 5.41) is 12.2. The van der Waals surface area contributed by atoms with E-state index in [-0.39, 0.29) is 5.78 Å². The molecular weight excluding hydrogens is 378 g/mol. The molecule has 0 saturated carbocycles. The third-order valence-electron chi connectivity index (χ3n) is 4.22. The van der Waals surface area contributed by atoms with E-state index in [1.165, 1.54) is 28.7 Å². The lowest BCUT2D eigenvalue weighted by atomic mass is 9.99. The first-order valence-corrected chi connectivity index (χ1v) is 10.2. The van der Waals surface area contributed by atoms with Gasteiger partial charge in [-0.2, -0.15) is 0 Å². The number of aryl methyl sites for hydroxylation is 3. The Hall–Kier alpha value is -2.38. The van der Waals surface area contributed by atoms with E-state index in [9.17, 15) is 4.79 Å². The van der Waals surface area contributed by atoms with E-state index in [0.29, 0.717) is 10.9 Å². The average Bonchev–Trinajstić information content (AvgIpc) is 3.10. The molecule has 5 nitrogen and oxygen atoms in total. The molecule has 27 heavy (non-hydrogen) atoms. The standard InChI is InChI=1S/C20H21N3O2S2/c1-12-9-14(3)17(10-13(12)2)18(24)11-26-20-23-22-19(27-20)21-15-5-7-16(25-4)8-6-15/h5-10H,11H2,1-4H3,(H,21,22). The van der Waals surface area contributed by atoms with Crippen LogP contribution < -0.4 is 10.1 Å². The van der Waals surface area contributed by atoms with Crippen LogP contribution in [0.5, 0.6) is 5.75 Å². The van der Waals surface area contributed by atoms with Crippen LogP contribution in [0.25, 0.3) is 0 Å². The molecule has 0 radical (unpaired) electrons. The number of nitrogens with one attached hydrogen (secondary N) is 1. The Labute approximate surface area is 167 Å².